The lowest BCUT2D eigenvalue weighted by molar-refractivity contribution is -0.140. The van der Waals surface area contributed by atoms with Crippen LogP contribution in [0.5, 0.6) is 0 Å². The molecular formula is C16H18F4N4S. The minimum atomic E-state index is -4.41. The molecule has 0 amide bonds. The van der Waals surface area contributed by atoms with Crippen molar-refractivity contribution < 1.29 is 17.6 Å². The molecule has 136 valence electrons. The maximum absolute atomic E-state index is 13.2. The summed E-state index contributed by atoms with van der Waals surface area (Å²) in [4.78, 5) is 7.62. The molecule has 0 saturated carbocycles. The van der Waals surface area contributed by atoms with Crippen molar-refractivity contribution in [2.75, 3.05) is 13.6 Å². The van der Waals surface area contributed by atoms with Crippen molar-refractivity contribution in [1.29, 1.82) is 0 Å². The third kappa shape index (κ3) is 5.70. The largest absolute Gasteiger partial charge is 0.434 e. The second-order valence-corrected chi connectivity index (χ2v) is 6.25. The number of aromatic nitrogens is 1. The quantitative estimate of drug-likeness (QED) is 0.478. The van der Waals surface area contributed by atoms with Crippen LogP contribution in [-0.4, -0.2) is 24.5 Å². The highest BCUT2D eigenvalue weighted by Gasteiger charge is 2.33. The second kappa shape index (κ2) is 8.28. The normalized spacial score (nSPS) is 12.3. The predicted molar refractivity (Wildman–Crippen MR) is 90.2 cm³/mol. The summed E-state index contributed by atoms with van der Waals surface area (Å²) in [6.45, 7) is 2.54. The number of hydrogen-bond donors (Lipinski definition) is 2. The van der Waals surface area contributed by atoms with Gasteiger partial charge in [0, 0.05) is 31.9 Å². The molecule has 0 saturated heterocycles. The van der Waals surface area contributed by atoms with Gasteiger partial charge in [-0.25, -0.2) is 9.37 Å². The van der Waals surface area contributed by atoms with Crippen LogP contribution in [0.15, 0.2) is 28.6 Å². The van der Waals surface area contributed by atoms with E-state index in [1.807, 2.05) is 0 Å². The summed E-state index contributed by atoms with van der Waals surface area (Å²) in [5.41, 5.74) is 0.602. The average Bonchev–Trinajstić information content (AvgIpc) is 3.03. The van der Waals surface area contributed by atoms with Crippen LogP contribution in [0.1, 0.15) is 21.8 Å². The summed E-state index contributed by atoms with van der Waals surface area (Å²) >= 11 is 0.982. The van der Waals surface area contributed by atoms with Crippen LogP contribution >= 0.6 is 11.3 Å². The molecule has 9 heteroatoms. The summed E-state index contributed by atoms with van der Waals surface area (Å²) in [5, 5.41) is 7.50. The van der Waals surface area contributed by atoms with E-state index < -0.39 is 11.9 Å². The van der Waals surface area contributed by atoms with Crippen molar-refractivity contribution in [3.8, 4) is 0 Å². The smallest absolute Gasteiger partial charge is 0.356 e. The van der Waals surface area contributed by atoms with E-state index in [0.717, 1.165) is 22.3 Å². The van der Waals surface area contributed by atoms with Crippen LogP contribution in [0.3, 0.4) is 0 Å². The molecule has 4 nitrogen and oxygen atoms in total. The van der Waals surface area contributed by atoms with Crippen LogP contribution in [0.25, 0.3) is 0 Å². The van der Waals surface area contributed by atoms with Gasteiger partial charge in [0.2, 0.25) is 0 Å². The topological polar surface area (TPSA) is 49.3 Å². The van der Waals surface area contributed by atoms with Gasteiger partial charge in [-0.1, -0.05) is 12.1 Å². The van der Waals surface area contributed by atoms with Crippen LogP contribution in [0, 0.1) is 12.7 Å². The van der Waals surface area contributed by atoms with E-state index in [1.165, 1.54) is 6.07 Å². The molecule has 0 bridgehead atoms. The van der Waals surface area contributed by atoms with Gasteiger partial charge in [-0.2, -0.15) is 13.2 Å². The van der Waals surface area contributed by atoms with E-state index in [-0.39, 0.29) is 5.82 Å². The first kappa shape index (κ1) is 19.2. The minimum Gasteiger partial charge on any atom is -0.356 e. The molecule has 1 heterocycles. The number of thiazole rings is 1. The fourth-order valence-corrected chi connectivity index (χ4v) is 2.87. The van der Waals surface area contributed by atoms with E-state index >= 15 is 0 Å². The lowest BCUT2D eigenvalue weighted by Gasteiger charge is -2.12. The molecule has 2 N–H and O–H groups in total. The van der Waals surface area contributed by atoms with Gasteiger partial charge in [0.25, 0.3) is 0 Å². The van der Waals surface area contributed by atoms with Crippen molar-refractivity contribution in [2.24, 2.45) is 4.99 Å². The summed E-state index contributed by atoms with van der Waals surface area (Å²) in [6, 6.07) is 4.82. The summed E-state index contributed by atoms with van der Waals surface area (Å²) < 4.78 is 50.7. The third-order valence-electron chi connectivity index (χ3n) is 3.38. The number of hydrogen-bond acceptors (Lipinski definition) is 3. The molecule has 0 aliphatic carbocycles. The van der Waals surface area contributed by atoms with Gasteiger partial charge in [-0.15, -0.1) is 11.3 Å². The van der Waals surface area contributed by atoms with Gasteiger partial charge in [0.1, 0.15) is 5.82 Å². The molecule has 0 fully saturated rings. The first-order chi connectivity index (χ1) is 11.8. The lowest BCUT2D eigenvalue weighted by atomic mass is 10.1. The fourth-order valence-electron chi connectivity index (χ4n) is 2.07. The van der Waals surface area contributed by atoms with Crippen LogP contribution in [0.2, 0.25) is 0 Å². The van der Waals surface area contributed by atoms with Gasteiger partial charge in [-0.3, -0.25) is 4.99 Å². The van der Waals surface area contributed by atoms with E-state index in [2.05, 4.69) is 20.6 Å². The first-order valence-electron chi connectivity index (χ1n) is 7.50. The Bertz CT molecular complexity index is 740. The van der Waals surface area contributed by atoms with Crippen molar-refractivity contribution in [2.45, 2.75) is 26.1 Å². The summed E-state index contributed by atoms with van der Waals surface area (Å²) in [5.74, 6) is 0.252. The number of aryl methyl sites for hydroxylation is 1. The molecule has 0 unspecified atom stereocenters. The highest BCUT2D eigenvalue weighted by molar-refractivity contribution is 7.09. The number of aliphatic imine (C=N–C) groups is 1. The molecular weight excluding hydrogens is 356 g/mol. The predicted octanol–water partition coefficient (Wildman–Crippen LogP) is 3.52. The zero-order valence-electron chi connectivity index (χ0n) is 13.7. The first-order valence-corrected chi connectivity index (χ1v) is 8.38. The number of nitrogens with zero attached hydrogens (tertiary/aromatic N) is 2. The second-order valence-electron chi connectivity index (χ2n) is 5.31. The molecule has 0 radical (unpaired) electrons. The third-order valence-corrected chi connectivity index (χ3v) is 4.29. The monoisotopic (exact) mass is 374 g/mol. The van der Waals surface area contributed by atoms with Crippen molar-refractivity contribution in [3.63, 3.8) is 0 Å². The molecule has 0 spiro atoms. The van der Waals surface area contributed by atoms with Crippen LogP contribution in [0.4, 0.5) is 17.6 Å². The van der Waals surface area contributed by atoms with E-state index in [4.69, 9.17) is 0 Å². The molecule has 25 heavy (non-hydrogen) atoms. The van der Waals surface area contributed by atoms with E-state index in [0.29, 0.717) is 36.0 Å². The average molecular weight is 374 g/mol. The van der Waals surface area contributed by atoms with E-state index in [9.17, 15) is 17.6 Å². The van der Waals surface area contributed by atoms with Gasteiger partial charge >= 0.3 is 6.18 Å². The fraction of sp³-hybridized carbons (Fsp3) is 0.375. The Kier molecular flexibility index (Phi) is 6.35. The van der Waals surface area contributed by atoms with Crippen molar-refractivity contribution >= 4 is 17.3 Å². The maximum Gasteiger partial charge on any atom is 0.434 e. The highest BCUT2D eigenvalue weighted by Crippen LogP contribution is 2.29. The number of halogens is 4. The molecule has 0 aliphatic rings. The Labute approximate surface area is 147 Å². The molecule has 1 aromatic carbocycles. The summed E-state index contributed by atoms with van der Waals surface area (Å²) in [6.07, 6.45) is -4.05. The van der Waals surface area contributed by atoms with Crippen molar-refractivity contribution in [1.82, 2.24) is 15.6 Å². The van der Waals surface area contributed by atoms with Gasteiger partial charge < -0.3 is 10.6 Å². The van der Waals surface area contributed by atoms with Gasteiger partial charge in [0.05, 0.1) is 5.01 Å². The number of guanidine groups is 1. The standard InChI is InChI=1S/C16H18F4N4S/c1-10-7-11(3-4-12(10)17)8-23-15(21-2)22-6-5-14-24-13(9-25-14)16(18,19)20/h3-4,7,9H,5-6,8H2,1-2H3,(H2,21,22,23). The SMILES string of the molecule is CN=C(NCCc1nc(C(F)(F)F)cs1)NCc1ccc(F)c(C)c1. The lowest BCUT2D eigenvalue weighted by Crippen LogP contribution is -2.37. The Morgan fingerprint density at radius 2 is 2.04 bits per heavy atom. The molecule has 2 rings (SSSR count). The Hall–Kier alpha value is -2.16. The molecule has 0 aliphatic heterocycles. The minimum absolute atomic E-state index is 0.257. The van der Waals surface area contributed by atoms with Gasteiger partial charge in [0.15, 0.2) is 11.7 Å². The van der Waals surface area contributed by atoms with Crippen molar-refractivity contribution in [3.05, 3.63) is 51.2 Å². The zero-order chi connectivity index (χ0) is 18.4. The highest BCUT2D eigenvalue weighted by atomic mass is 32.1. The van der Waals surface area contributed by atoms with E-state index in [1.54, 1.807) is 26.1 Å². The zero-order valence-corrected chi connectivity index (χ0v) is 14.6. The molecule has 2 aromatic rings. The Morgan fingerprint density at radius 3 is 2.64 bits per heavy atom. The van der Waals surface area contributed by atoms with Crippen LogP contribution in [-0.2, 0) is 19.1 Å². The van der Waals surface area contributed by atoms with Crippen LogP contribution < -0.4 is 10.6 Å². The molecule has 0 atom stereocenters. The summed E-state index contributed by atoms with van der Waals surface area (Å²) in [7, 11) is 1.59. The number of rotatable bonds is 5. The Balaban J connectivity index is 1.80. The number of nitrogens with one attached hydrogen (secondary N) is 2. The number of alkyl halides is 3. The maximum atomic E-state index is 13.2. The Morgan fingerprint density at radius 1 is 1.28 bits per heavy atom. The molecule has 1 aromatic heterocycles. The van der Waals surface area contributed by atoms with Gasteiger partial charge in [-0.05, 0) is 24.1 Å². The number of benzene rings is 1.